The highest BCUT2D eigenvalue weighted by Gasteiger charge is 2.32. The fraction of sp³-hybridized carbons (Fsp3) is 0.944. The summed E-state index contributed by atoms with van der Waals surface area (Å²) in [6, 6.07) is -1.03. The molecule has 0 rings (SSSR count). The van der Waals surface area contributed by atoms with Gasteiger partial charge in [-0.05, 0) is 25.7 Å². The molecule has 0 spiro atoms. The van der Waals surface area contributed by atoms with E-state index in [4.69, 9.17) is 11.5 Å². The van der Waals surface area contributed by atoms with Crippen molar-refractivity contribution in [3.8, 4) is 0 Å². The minimum absolute atomic E-state index is 0. The van der Waals surface area contributed by atoms with Gasteiger partial charge in [0.2, 0.25) is 0 Å². The molecule has 0 radical (unpaired) electrons. The Kier molecular flexibility index (Phi) is 34.0. The third-order valence-electron chi connectivity index (χ3n) is 9.09. The Hall–Kier alpha value is -1.17. The van der Waals surface area contributed by atoms with Crippen molar-refractivity contribution < 1.29 is 30.3 Å². The Labute approximate surface area is 293 Å². The van der Waals surface area contributed by atoms with E-state index >= 15 is 0 Å². The molecule has 4 unspecified atom stereocenters. The van der Waals surface area contributed by atoms with Crippen molar-refractivity contribution in [2.24, 2.45) is 16.5 Å². The number of guanidine groups is 1. The van der Waals surface area contributed by atoms with Crippen LogP contribution in [0.5, 0.6) is 0 Å². The third kappa shape index (κ3) is 28.4. The van der Waals surface area contributed by atoms with Crippen molar-refractivity contribution in [2.45, 2.75) is 198 Å². The van der Waals surface area contributed by atoms with E-state index < -0.39 is 36.4 Å². The Morgan fingerprint density at radius 2 is 0.894 bits per heavy atom. The number of aliphatic hydroxyl groups excluding tert-OH is 4. The smallest absolute Gasteiger partial charge is 0.320 e. The van der Waals surface area contributed by atoms with Crippen molar-refractivity contribution in [2.75, 3.05) is 19.6 Å². The summed E-state index contributed by atoms with van der Waals surface area (Å²) in [7, 11) is 0. The molecule has 0 fully saturated rings. The van der Waals surface area contributed by atoms with Crippen LogP contribution in [-0.2, 0) is 4.79 Å². The highest BCUT2D eigenvalue weighted by Crippen LogP contribution is 2.18. The van der Waals surface area contributed by atoms with E-state index in [0.29, 0.717) is 19.3 Å². The maximum atomic E-state index is 12.3. The Morgan fingerprint density at radius 1 is 0.553 bits per heavy atom. The van der Waals surface area contributed by atoms with Gasteiger partial charge in [-0.3, -0.25) is 14.7 Å². The zero-order chi connectivity index (χ0) is 34.4. The Morgan fingerprint density at radius 3 is 1.21 bits per heavy atom. The normalized spacial score (nSPS) is 14.7. The minimum Gasteiger partial charge on any atom is -0.480 e. The van der Waals surface area contributed by atoms with Crippen LogP contribution in [0.15, 0.2) is 4.99 Å². The molecule has 0 aliphatic rings. The summed E-state index contributed by atoms with van der Waals surface area (Å²) in [5.74, 6) is -1.17. The highest BCUT2D eigenvalue weighted by atomic mass is 35.5. The summed E-state index contributed by atoms with van der Waals surface area (Å²) < 4.78 is 0. The molecular weight excluding hydrogens is 620 g/mol. The molecule has 47 heavy (non-hydrogen) atoms. The van der Waals surface area contributed by atoms with Gasteiger partial charge in [0.05, 0.1) is 24.4 Å². The third-order valence-corrected chi connectivity index (χ3v) is 9.09. The summed E-state index contributed by atoms with van der Waals surface area (Å²) in [5, 5.41) is 53.2. The topological polar surface area (TPSA) is 186 Å². The van der Waals surface area contributed by atoms with Crippen LogP contribution in [-0.4, -0.2) is 92.5 Å². The zero-order valence-electron chi connectivity index (χ0n) is 30.1. The number of hydrogen-bond acceptors (Lipinski definition) is 7. The Bertz CT molecular complexity index is 694. The zero-order valence-corrected chi connectivity index (χ0v) is 30.9. The van der Waals surface area contributed by atoms with E-state index in [1.807, 2.05) is 0 Å². The molecule has 0 aromatic heterocycles. The minimum atomic E-state index is -1.18. The second-order valence-corrected chi connectivity index (χ2v) is 13.5. The molecule has 11 heteroatoms. The Balaban J connectivity index is 0. The number of carbonyl (C=O) groups is 1. The second kappa shape index (κ2) is 33.3. The number of nitrogens with two attached hydrogens (primary N) is 2. The predicted molar refractivity (Wildman–Crippen MR) is 197 cm³/mol. The number of nitrogens with zero attached hydrogens (tertiary/aromatic N) is 2. The molecule has 0 heterocycles. The molecule has 282 valence electrons. The molecule has 0 saturated carbocycles. The van der Waals surface area contributed by atoms with E-state index in [1.165, 1.54) is 94.8 Å². The maximum Gasteiger partial charge on any atom is 0.320 e. The molecule has 0 aliphatic carbocycles. The lowest BCUT2D eigenvalue weighted by Crippen LogP contribution is -2.52. The molecule has 5 atom stereocenters. The summed E-state index contributed by atoms with van der Waals surface area (Å²) >= 11 is 0. The number of aliphatic carboxylic acids is 1. The number of hydrogen-bond donors (Lipinski definition) is 7. The average molecular weight is 695 g/mol. The van der Waals surface area contributed by atoms with Crippen LogP contribution in [0, 0.1) is 0 Å². The van der Waals surface area contributed by atoms with Crippen LogP contribution in [0.3, 0.4) is 0 Å². The lowest BCUT2D eigenvalue weighted by molar-refractivity contribution is -0.146. The standard InChI is InChI=1S/C36H74N4O6.ClH/c1-3-5-7-9-11-13-15-17-19-21-25-31(41)33(43)28-40(30(35(45)46)24-23-27-39-36(37)38)29-34(44)32(42)26-22-20-18-16-14-12-10-8-6-4-2;/h30-34,41-44H,3-29H2,1-2H3,(H,45,46)(H4,37,38,39);1H/t30-,31?,32?,33?,34?;/m0./s1. The van der Waals surface area contributed by atoms with E-state index in [-0.39, 0.29) is 44.4 Å². The van der Waals surface area contributed by atoms with Gasteiger partial charge in [0, 0.05) is 19.6 Å². The lowest BCUT2D eigenvalue weighted by Gasteiger charge is -2.34. The van der Waals surface area contributed by atoms with E-state index in [9.17, 15) is 30.3 Å². The van der Waals surface area contributed by atoms with Crippen LogP contribution in [0.2, 0.25) is 0 Å². The lowest BCUT2D eigenvalue weighted by atomic mass is 10.00. The molecule has 0 aromatic rings. The molecule has 0 bridgehead atoms. The van der Waals surface area contributed by atoms with Gasteiger partial charge in [-0.2, -0.15) is 0 Å². The van der Waals surface area contributed by atoms with Crippen molar-refractivity contribution >= 4 is 24.3 Å². The van der Waals surface area contributed by atoms with Crippen LogP contribution in [0.25, 0.3) is 0 Å². The van der Waals surface area contributed by atoms with Crippen LogP contribution < -0.4 is 11.5 Å². The summed E-state index contributed by atoms with van der Waals surface area (Å²) in [6.07, 6.45) is 20.5. The fourth-order valence-electron chi connectivity index (χ4n) is 6.07. The SMILES string of the molecule is CCCCCCCCCCCCC(O)C(O)CN(CC(O)C(O)CCCCCCCCCCCC)[C@@H](CCCN=C(N)N)C(=O)O.Cl. The molecule has 0 aromatic carbocycles. The second-order valence-electron chi connectivity index (χ2n) is 13.5. The van der Waals surface area contributed by atoms with Crippen LogP contribution >= 0.6 is 12.4 Å². The first-order valence-corrected chi connectivity index (χ1v) is 18.9. The molecular formula is C36H75ClN4O6. The van der Waals surface area contributed by atoms with E-state index in [2.05, 4.69) is 18.8 Å². The van der Waals surface area contributed by atoms with Crippen molar-refractivity contribution in [3.05, 3.63) is 0 Å². The van der Waals surface area contributed by atoms with Crippen molar-refractivity contribution in [1.82, 2.24) is 4.90 Å². The first kappa shape index (κ1) is 47.9. The van der Waals surface area contributed by atoms with Gasteiger partial charge >= 0.3 is 5.97 Å². The van der Waals surface area contributed by atoms with Gasteiger partial charge in [-0.15, -0.1) is 12.4 Å². The van der Waals surface area contributed by atoms with E-state index in [1.54, 1.807) is 0 Å². The van der Waals surface area contributed by atoms with Crippen LogP contribution in [0.1, 0.15) is 168 Å². The number of carboxylic acids is 1. The number of carboxylic acid groups (broad SMARTS) is 1. The number of unbranched alkanes of at least 4 members (excludes halogenated alkanes) is 18. The summed E-state index contributed by atoms with van der Waals surface area (Å²) in [4.78, 5) is 17.7. The molecule has 9 N–H and O–H groups in total. The van der Waals surface area contributed by atoms with Gasteiger partial charge in [-0.1, -0.05) is 142 Å². The predicted octanol–water partition coefficient (Wildman–Crippen LogP) is 6.28. The first-order valence-electron chi connectivity index (χ1n) is 18.9. The van der Waals surface area contributed by atoms with Crippen molar-refractivity contribution in [1.29, 1.82) is 0 Å². The van der Waals surface area contributed by atoms with Gasteiger partial charge in [0.1, 0.15) is 6.04 Å². The fourth-order valence-corrected chi connectivity index (χ4v) is 6.07. The summed E-state index contributed by atoms with van der Waals surface area (Å²) in [6.45, 7) is 4.45. The number of rotatable bonds is 34. The molecule has 10 nitrogen and oxygen atoms in total. The molecule has 0 amide bonds. The average Bonchev–Trinajstić information content (AvgIpc) is 3.01. The van der Waals surface area contributed by atoms with Crippen molar-refractivity contribution in [3.63, 3.8) is 0 Å². The highest BCUT2D eigenvalue weighted by molar-refractivity contribution is 5.85. The van der Waals surface area contributed by atoms with Gasteiger partial charge in [0.25, 0.3) is 0 Å². The molecule has 0 aliphatic heterocycles. The van der Waals surface area contributed by atoms with Gasteiger partial charge in [0.15, 0.2) is 5.96 Å². The number of aliphatic imine (C=N–C) groups is 1. The van der Waals surface area contributed by atoms with Crippen LogP contribution in [0.4, 0.5) is 0 Å². The molecule has 0 saturated heterocycles. The number of halogens is 1. The monoisotopic (exact) mass is 695 g/mol. The maximum absolute atomic E-state index is 12.3. The largest absolute Gasteiger partial charge is 0.480 e. The first-order chi connectivity index (χ1) is 22.1. The summed E-state index contributed by atoms with van der Waals surface area (Å²) in [5.41, 5.74) is 10.8. The van der Waals surface area contributed by atoms with E-state index in [0.717, 1.165) is 38.5 Å². The van der Waals surface area contributed by atoms with Gasteiger partial charge in [-0.25, -0.2) is 0 Å². The quantitative estimate of drug-likeness (QED) is 0.0231. The van der Waals surface area contributed by atoms with Gasteiger partial charge < -0.3 is 37.0 Å². The number of aliphatic hydroxyl groups is 4.